The minimum Gasteiger partial charge on any atom is -0.399 e. The maximum atomic E-state index is 9.17. The van der Waals surface area contributed by atoms with E-state index in [4.69, 9.17) is 10.8 Å². The van der Waals surface area contributed by atoms with Crippen LogP contribution in [0.1, 0.15) is 5.56 Å². The van der Waals surface area contributed by atoms with Crippen LogP contribution < -0.4 is 11.1 Å². The number of nitrogens with two attached hydrogens (primary N) is 1. The second-order valence-electron chi connectivity index (χ2n) is 4.74. The third kappa shape index (κ3) is 3.18. The lowest BCUT2D eigenvalue weighted by Crippen LogP contribution is -2.00. The van der Waals surface area contributed by atoms with Gasteiger partial charge < -0.3 is 16.2 Å². The lowest BCUT2D eigenvalue weighted by Gasteiger charge is -2.07. The number of aliphatic hydroxyl groups excluding tert-OH is 1. The standard InChI is InChI=1S/C16H15N5O/c17-13-5-2-4-12(8-13)15-18-10-19-16(21-15)20-14-6-1-3-11(7-14)9-22/h1-8,10,22H,9,17H2,(H,18,19,20,21). The first-order valence-corrected chi connectivity index (χ1v) is 6.76. The predicted molar refractivity (Wildman–Crippen MR) is 85.3 cm³/mol. The molecule has 0 fully saturated rings. The summed E-state index contributed by atoms with van der Waals surface area (Å²) in [4.78, 5) is 12.7. The number of hydrogen-bond donors (Lipinski definition) is 3. The summed E-state index contributed by atoms with van der Waals surface area (Å²) in [6.07, 6.45) is 1.45. The minimum absolute atomic E-state index is 0.0126. The summed E-state index contributed by atoms with van der Waals surface area (Å²) in [5.74, 6) is 0.977. The monoisotopic (exact) mass is 293 g/mol. The van der Waals surface area contributed by atoms with E-state index in [1.807, 2.05) is 48.5 Å². The van der Waals surface area contributed by atoms with Gasteiger partial charge >= 0.3 is 0 Å². The minimum atomic E-state index is -0.0126. The molecular weight excluding hydrogens is 278 g/mol. The number of nitrogen functional groups attached to an aromatic ring is 1. The van der Waals surface area contributed by atoms with Crippen LogP contribution in [0.3, 0.4) is 0 Å². The Morgan fingerprint density at radius 2 is 1.91 bits per heavy atom. The number of aromatic nitrogens is 3. The second-order valence-corrected chi connectivity index (χ2v) is 4.74. The van der Waals surface area contributed by atoms with Gasteiger partial charge in [0.1, 0.15) is 6.33 Å². The molecule has 0 amide bonds. The average Bonchev–Trinajstić information content (AvgIpc) is 2.55. The lowest BCUT2D eigenvalue weighted by molar-refractivity contribution is 0.282. The van der Waals surface area contributed by atoms with Gasteiger partial charge in [-0.3, -0.25) is 0 Å². The zero-order chi connectivity index (χ0) is 15.4. The number of aliphatic hydroxyl groups is 1. The second kappa shape index (κ2) is 6.19. The van der Waals surface area contributed by atoms with Gasteiger partial charge in [-0.2, -0.15) is 4.98 Å². The summed E-state index contributed by atoms with van der Waals surface area (Å²) < 4.78 is 0. The van der Waals surface area contributed by atoms with Crippen molar-refractivity contribution in [3.05, 3.63) is 60.4 Å². The number of nitrogens with one attached hydrogen (secondary N) is 1. The molecule has 3 aromatic rings. The first kappa shape index (κ1) is 14.0. The van der Waals surface area contributed by atoms with Crippen LogP contribution in [0.5, 0.6) is 0 Å². The van der Waals surface area contributed by atoms with Gasteiger partial charge in [0.05, 0.1) is 6.61 Å². The molecule has 0 saturated carbocycles. The fraction of sp³-hybridized carbons (Fsp3) is 0.0625. The highest BCUT2D eigenvalue weighted by atomic mass is 16.3. The molecule has 3 rings (SSSR count). The number of nitrogens with zero attached hydrogens (tertiary/aromatic N) is 3. The van der Waals surface area contributed by atoms with E-state index in [-0.39, 0.29) is 6.61 Å². The van der Waals surface area contributed by atoms with Crippen molar-refractivity contribution in [2.24, 2.45) is 0 Å². The molecule has 0 radical (unpaired) electrons. The number of rotatable bonds is 4. The summed E-state index contributed by atoms with van der Waals surface area (Å²) in [6.45, 7) is -0.0126. The Bertz CT molecular complexity index is 791. The van der Waals surface area contributed by atoms with Crippen LogP contribution in [0.2, 0.25) is 0 Å². The largest absolute Gasteiger partial charge is 0.399 e. The van der Waals surface area contributed by atoms with Gasteiger partial charge in [0.2, 0.25) is 5.95 Å². The maximum absolute atomic E-state index is 9.17. The lowest BCUT2D eigenvalue weighted by atomic mass is 10.2. The van der Waals surface area contributed by atoms with E-state index < -0.39 is 0 Å². The predicted octanol–water partition coefficient (Wildman–Crippen LogP) is 2.36. The highest BCUT2D eigenvalue weighted by molar-refractivity contribution is 5.62. The van der Waals surface area contributed by atoms with Crippen molar-refractivity contribution in [3.63, 3.8) is 0 Å². The molecule has 22 heavy (non-hydrogen) atoms. The molecule has 4 N–H and O–H groups in total. The van der Waals surface area contributed by atoms with E-state index in [1.54, 1.807) is 0 Å². The molecule has 110 valence electrons. The highest BCUT2D eigenvalue weighted by Gasteiger charge is 2.05. The third-order valence-electron chi connectivity index (χ3n) is 3.08. The van der Waals surface area contributed by atoms with Crippen molar-refractivity contribution in [2.75, 3.05) is 11.1 Å². The van der Waals surface area contributed by atoms with E-state index in [0.29, 0.717) is 17.5 Å². The Hall–Kier alpha value is -2.99. The molecule has 0 aliphatic heterocycles. The molecule has 0 aliphatic rings. The summed E-state index contributed by atoms with van der Waals surface area (Å²) in [5.41, 5.74) is 8.88. The molecule has 0 saturated heterocycles. The van der Waals surface area contributed by atoms with Gasteiger partial charge in [0, 0.05) is 16.9 Å². The van der Waals surface area contributed by atoms with E-state index in [2.05, 4.69) is 20.3 Å². The van der Waals surface area contributed by atoms with Crippen molar-refractivity contribution in [2.45, 2.75) is 6.61 Å². The quantitative estimate of drug-likeness (QED) is 0.639. The first-order chi connectivity index (χ1) is 10.7. The third-order valence-corrected chi connectivity index (χ3v) is 3.08. The smallest absolute Gasteiger partial charge is 0.230 e. The molecule has 2 aromatic carbocycles. The Morgan fingerprint density at radius 3 is 2.73 bits per heavy atom. The topological polar surface area (TPSA) is 97.0 Å². The Kier molecular flexibility index (Phi) is 3.93. The van der Waals surface area contributed by atoms with Crippen LogP contribution in [-0.2, 0) is 6.61 Å². The fourth-order valence-corrected chi connectivity index (χ4v) is 2.05. The van der Waals surface area contributed by atoms with Crippen LogP contribution in [0.25, 0.3) is 11.4 Å². The molecule has 0 atom stereocenters. The van der Waals surface area contributed by atoms with Crippen LogP contribution in [0, 0.1) is 0 Å². The van der Waals surface area contributed by atoms with Crippen molar-refractivity contribution in [1.29, 1.82) is 0 Å². The summed E-state index contributed by atoms with van der Waals surface area (Å²) in [7, 11) is 0. The van der Waals surface area contributed by atoms with Crippen LogP contribution >= 0.6 is 0 Å². The summed E-state index contributed by atoms with van der Waals surface area (Å²) in [5, 5.41) is 12.3. The van der Waals surface area contributed by atoms with E-state index in [1.165, 1.54) is 6.33 Å². The summed E-state index contributed by atoms with van der Waals surface area (Å²) in [6, 6.07) is 14.8. The first-order valence-electron chi connectivity index (χ1n) is 6.76. The SMILES string of the molecule is Nc1cccc(-c2ncnc(Nc3cccc(CO)c3)n2)c1. The summed E-state index contributed by atoms with van der Waals surface area (Å²) >= 11 is 0. The van der Waals surface area contributed by atoms with Gasteiger partial charge in [-0.05, 0) is 29.8 Å². The normalized spacial score (nSPS) is 10.4. The molecule has 1 aromatic heterocycles. The van der Waals surface area contributed by atoms with E-state index in [0.717, 1.165) is 16.8 Å². The zero-order valence-corrected chi connectivity index (χ0v) is 11.8. The van der Waals surface area contributed by atoms with Gasteiger partial charge in [-0.15, -0.1) is 0 Å². The Labute approximate surface area is 127 Å². The van der Waals surface area contributed by atoms with Crippen molar-refractivity contribution < 1.29 is 5.11 Å². The van der Waals surface area contributed by atoms with E-state index in [9.17, 15) is 0 Å². The molecule has 1 heterocycles. The molecule has 0 aliphatic carbocycles. The van der Waals surface area contributed by atoms with Gasteiger partial charge in [0.15, 0.2) is 5.82 Å². The molecule has 0 spiro atoms. The van der Waals surface area contributed by atoms with Crippen LogP contribution in [0.4, 0.5) is 17.3 Å². The fourth-order valence-electron chi connectivity index (χ4n) is 2.05. The molecule has 0 unspecified atom stereocenters. The van der Waals surface area contributed by atoms with Gasteiger partial charge in [-0.25, -0.2) is 9.97 Å². The number of hydrogen-bond acceptors (Lipinski definition) is 6. The van der Waals surface area contributed by atoms with Crippen molar-refractivity contribution in [3.8, 4) is 11.4 Å². The van der Waals surface area contributed by atoms with Gasteiger partial charge in [-0.1, -0.05) is 24.3 Å². The van der Waals surface area contributed by atoms with Crippen molar-refractivity contribution >= 4 is 17.3 Å². The maximum Gasteiger partial charge on any atom is 0.230 e. The van der Waals surface area contributed by atoms with Crippen molar-refractivity contribution in [1.82, 2.24) is 15.0 Å². The van der Waals surface area contributed by atoms with Crippen LogP contribution in [-0.4, -0.2) is 20.1 Å². The average molecular weight is 293 g/mol. The molecule has 6 nitrogen and oxygen atoms in total. The number of benzene rings is 2. The zero-order valence-electron chi connectivity index (χ0n) is 11.8. The van der Waals surface area contributed by atoms with Gasteiger partial charge in [0.25, 0.3) is 0 Å². The highest BCUT2D eigenvalue weighted by Crippen LogP contribution is 2.19. The molecule has 0 bridgehead atoms. The Balaban J connectivity index is 1.88. The van der Waals surface area contributed by atoms with Crippen LogP contribution in [0.15, 0.2) is 54.9 Å². The van der Waals surface area contributed by atoms with E-state index >= 15 is 0 Å². The molecule has 6 heteroatoms. The number of anilines is 3. The molecular formula is C16H15N5O. The Morgan fingerprint density at radius 1 is 1.05 bits per heavy atom.